The predicted molar refractivity (Wildman–Crippen MR) is 73.3 cm³/mol. The molecule has 5 nitrogen and oxygen atoms in total. The van der Waals surface area contributed by atoms with Crippen molar-refractivity contribution in [2.24, 2.45) is 0 Å². The quantitative estimate of drug-likeness (QED) is 0.891. The van der Waals surface area contributed by atoms with Crippen LogP contribution >= 0.6 is 15.9 Å². The van der Waals surface area contributed by atoms with Crippen LogP contribution in [0.1, 0.15) is 29.6 Å². The molecule has 1 heterocycles. The van der Waals surface area contributed by atoms with Gasteiger partial charge in [-0.15, -0.1) is 0 Å². The van der Waals surface area contributed by atoms with Crippen LogP contribution < -0.4 is 5.32 Å². The lowest BCUT2D eigenvalue weighted by Gasteiger charge is -2.11. The molecule has 1 aromatic carbocycles. The SMILES string of the molecule is O=C(CC1CCCO1)Nc1ccc(C(=O)O)cc1Br. The number of anilines is 1. The van der Waals surface area contributed by atoms with Crippen molar-refractivity contribution in [3.63, 3.8) is 0 Å². The molecule has 1 atom stereocenters. The average Bonchev–Trinajstić information content (AvgIpc) is 2.84. The fourth-order valence-electron chi connectivity index (χ4n) is 1.96. The Balaban J connectivity index is 1.98. The second kappa shape index (κ2) is 6.16. The second-order valence-electron chi connectivity index (χ2n) is 4.39. The summed E-state index contributed by atoms with van der Waals surface area (Å²) in [4.78, 5) is 22.6. The van der Waals surface area contributed by atoms with Crippen LogP contribution in [0.3, 0.4) is 0 Å². The molecule has 0 aliphatic carbocycles. The molecule has 0 spiro atoms. The van der Waals surface area contributed by atoms with Crippen LogP contribution in [0.15, 0.2) is 22.7 Å². The number of carboxylic acids is 1. The van der Waals surface area contributed by atoms with Gasteiger partial charge in [-0.3, -0.25) is 4.79 Å². The third-order valence-corrected chi connectivity index (χ3v) is 3.58. The summed E-state index contributed by atoms with van der Waals surface area (Å²) in [5.41, 5.74) is 0.733. The predicted octanol–water partition coefficient (Wildman–Crippen LogP) is 2.65. The normalized spacial score (nSPS) is 18.3. The van der Waals surface area contributed by atoms with Gasteiger partial charge in [0.15, 0.2) is 0 Å². The van der Waals surface area contributed by atoms with E-state index in [0.717, 1.165) is 19.4 Å². The van der Waals surface area contributed by atoms with E-state index in [4.69, 9.17) is 9.84 Å². The summed E-state index contributed by atoms with van der Waals surface area (Å²) in [6.07, 6.45) is 2.23. The molecule has 1 amide bonds. The van der Waals surface area contributed by atoms with Crippen LogP contribution in [0.2, 0.25) is 0 Å². The van der Waals surface area contributed by atoms with E-state index in [2.05, 4.69) is 21.2 Å². The summed E-state index contributed by atoms with van der Waals surface area (Å²) in [5, 5.41) is 11.6. The Morgan fingerprint density at radius 3 is 2.84 bits per heavy atom. The highest BCUT2D eigenvalue weighted by Gasteiger charge is 2.19. The number of rotatable bonds is 4. The standard InChI is InChI=1S/C13H14BrNO4/c14-10-6-8(13(17)18)3-4-11(10)15-12(16)7-9-2-1-5-19-9/h3-4,6,9H,1-2,5,7H2,(H,15,16)(H,17,18). The van der Waals surface area contributed by atoms with Crippen LogP contribution in [0.4, 0.5) is 5.69 Å². The molecule has 0 saturated carbocycles. The number of halogens is 1. The maximum Gasteiger partial charge on any atom is 0.335 e. The number of amides is 1. The summed E-state index contributed by atoms with van der Waals surface area (Å²) >= 11 is 3.25. The van der Waals surface area contributed by atoms with E-state index in [1.807, 2.05) is 0 Å². The third-order valence-electron chi connectivity index (χ3n) is 2.93. The van der Waals surface area contributed by atoms with Gasteiger partial charge in [0, 0.05) is 11.1 Å². The third kappa shape index (κ3) is 3.78. The molecule has 2 N–H and O–H groups in total. The first-order valence-electron chi connectivity index (χ1n) is 6.00. The Hall–Kier alpha value is -1.40. The van der Waals surface area contributed by atoms with Gasteiger partial charge in [-0.2, -0.15) is 0 Å². The molecule has 1 aliphatic rings. The molecule has 1 aromatic rings. The van der Waals surface area contributed by atoms with E-state index in [1.54, 1.807) is 6.07 Å². The largest absolute Gasteiger partial charge is 0.478 e. The van der Waals surface area contributed by atoms with E-state index in [-0.39, 0.29) is 17.6 Å². The van der Waals surface area contributed by atoms with Gasteiger partial charge in [-0.05, 0) is 47.0 Å². The minimum Gasteiger partial charge on any atom is -0.478 e. The summed E-state index contributed by atoms with van der Waals surface area (Å²) < 4.78 is 5.94. The Morgan fingerprint density at radius 2 is 2.26 bits per heavy atom. The van der Waals surface area contributed by atoms with Crippen molar-refractivity contribution in [2.45, 2.75) is 25.4 Å². The molecule has 19 heavy (non-hydrogen) atoms. The number of hydrogen-bond acceptors (Lipinski definition) is 3. The number of nitrogens with one attached hydrogen (secondary N) is 1. The van der Waals surface area contributed by atoms with Crippen molar-refractivity contribution in [1.82, 2.24) is 0 Å². The zero-order chi connectivity index (χ0) is 13.8. The first-order chi connectivity index (χ1) is 9.06. The lowest BCUT2D eigenvalue weighted by atomic mass is 10.1. The number of carbonyl (C=O) groups is 2. The van der Waals surface area contributed by atoms with Gasteiger partial charge < -0.3 is 15.2 Å². The lowest BCUT2D eigenvalue weighted by molar-refractivity contribution is -0.118. The van der Waals surface area contributed by atoms with E-state index >= 15 is 0 Å². The molecule has 2 rings (SSSR count). The topological polar surface area (TPSA) is 75.6 Å². The number of hydrogen-bond donors (Lipinski definition) is 2. The number of ether oxygens (including phenoxy) is 1. The fraction of sp³-hybridized carbons (Fsp3) is 0.385. The maximum absolute atomic E-state index is 11.8. The summed E-state index contributed by atoms with van der Waals surface area (Å²) in [7, 11) is 0. The Labute approximate surface area is 119 Å². The van der Waals surface area contributed by atoms with Crippen LogP contribution in [0, 0.1) is 0 Å². The Bertz CT molecular complexity index is 497. The summed E-state index contributed by atoms with van der Waals surface area (Å²) in [5.74, 6) is -1.13. The molecule has 6 heteroatoms. The van der Waals surface area contributed by atoms with Crippen LogP contribution in [0.25, 0.3) is 0 Å². The van der Waals surface area contributed by atoms with Crippen molar-refractivity contribution in [2.75, 3.05) is 11.9 Å². The van der Waals surface area contributed by atoms with Crippen molar-refractivity contribution in [3.05, 3.63) is 28.2 Å². The molecule has 0 aromatic heterocycles. The molecular weight excluding hydrogens is 314 g/mol. The fourth-order valence-corrected chi connectivity index (χ4v) is 2.44. The van der Waals surface area contributed by atoms with Crippen molar-refractivity contribution >= 4 is 33.5 Å². The highest BCUT2D eigenvalue weighted by Crippen LogP contribution is 2.24. The van der Waals surface area contributed by atoms with Crippen molar-refractivity contribution in [3.8, 4) is 0 Å². The summed E-state index contributed by atoms with van der Waals surface area (Å²) in [6.45, 7) is 0.717. The maximum atomic E-state index is 11.8. The molecule has 1 unspecified atom stereocenters. The first-order valence-corrected chi connectivity index (χ1v) is 6.80. The van der Waals surface area contributed by atoms with Crippen LogP contribution in [0.5, 0.6) is 0 Å². The van der Waals surface area contributed by atoms with E-state index in [1.165, 1.54) is 12.1 Å². The van der Waals surface area contributed by atoms with Gasteiger partial charge in [0.05, 0.1) is 23.8 Å². The van der Waals surface area contributed by atoms with Gasteiger partial charge in [0.1, 0.15) is 0 Å². The molecule has 102 valence electrons. The minimum absolute atomic E-state index is 0.00271. The smallest absolute Gasteiger partial charge is 0.335 e. The monoisotopic (exact) mass is 327 g/mol. The second-order valence-corrected chi connectivity index (χ2v) is 5.24. The summed E-state index contributed by atoms with van der Waals surface area (Å²) in [6, 6.07) is 4.49. The molecular formula is C13H14BrNO4. The minimum atomic E-state index is -1.00. The molecule has 0 bridgehead atoms. The molecule has 1 fully saturated rings. The molecule has 1 aliphatic heterocycles. The number of carbonyl (C=O) groups excluding carboxylic acids is 1. The van der Waals surface area contributed by atoms with Crippen molar-refractivity contribution < 1.29 is 19.4 Å². The van der Waals surface area contributed by atoms with Crippen LogP contribution in [-0.2, 0) is 9.53 Å². The van der Waals surface area contributed by atoms with Gasteiger partial charge in [-0.25, -0.2) is 4.79 Å². The van der Waals surface area contributed by atoms with Gasteiger partial charge in [0.2, 0.25) is 5.91 Å². The van der Waals surface area contributed by atoms with E-state index < -0.39 is 5.97 Å². The number of benzene rings is 1. The van der Waals surface area contributed by atoms with E-state index in [9.17, 15) is 9.59 Å². The first kappa shape index (κ1) is 14.0. The molecule has 1 saturated heterocycles. The number of carboxylic acid groups (broad SMARTS) is 1. The Kier molecular flexibility index (Phi) is 4.55. The Morgan fingerprint density at radius 1 is 1.47 bits per heavy atom. The zero-order valence-corrected chi connectivity index (χ0v) is 11.8. The van der Waals surface area contributed by atoms with Gasteiger partial charge in [-0.1, -0.05) is 0 Å². The van der Waals surface area contributed by atoms with Crippen LogP contribution in [-0.4, -0.2) is 29.7 Å². The molecule has 0 radical (unpaired) electrons. The number of aromatic carboxylic acids is 1. The highest BCUT2D eigenvalue weighted by molar-refractivity contribution is 9.10. The average molecular weight is 328 g/mol. The van der Waals surface area contributed by atoms with Gasteiger partial charge >= 0.3 is 5.97 Å². The van der Waals surface area contributed by atoms with Gasteiger partial charge in [0.25, 0.3) is 0 Å². The highest BCUT2D eigenvalue weighted by atomic mass is 79.9. The van der Waals surface area contributed by atoms with Crippen molar-refractivity contribution in [1.29, 1.82) is 0 Å². The van der Waals surface area contributed by atoms with E-state index in [0.29, 0.717) is 16.6 Å². The zero-order valence-electron chi connectivity index (χ0n) is 10.2. The lowest BCUT2D eigenvalue weighted by Crippen LogP contribution is -2.19.